The number of ether oxygens (including phenoxy) is 3. The van der Waals surface area contributed by atoms with Gasteiger partial charge in [0.1, 0.15) is 5.75 Å². The standard InChI is InChI=1S/C19H13BrF3NO5/c20-12-3-6-15-14(9-12)18(27-7-8-28-18)17(26)24(15)10-16(25)11-1-4-13(5-2-11)29-19(21,22)23/h1-6,9H,7-8,10H2. The maximum absolute atomic E-state index is 13.0. The molecule has 2 aliphatic rings. The lowest BCUT2D eigenvalue weighted by Crippen LogP contribution is -2.43. The number of rotatable bonds is 4. The molecule has 10 heteroatoms. The first kappa shape index (κ1) is 19.9. The van der Waals surface area contributed by atoms with Crippen LogP contribution in [0, 0.1) is 0 Å². The Morgan fingerprint density at radius 3 is 2.41 bits per heavy atom. The highest BCUT2D eigenvalue weighted by Gasteiger charge is 2.56. The van der Waals surface area contributed by atoms with Gasteiger partial charge in [0.25, 0.3) is 11.7 Å². The summed E-state index contributed by atoms with van der Waals surface area (Å²) in [7, 11) is 0. The van der Waals surface area contributed by atoms with Crippen molar-refractivity contribution in [3.63, 3.8) is 0 Å². The minimum Gasteiger partial charge on any atom is -0.406 e. The van der Waals surface area contributed by atoms with Crippen LogP contribution in [-0.4, -0.2) is 37.8 Å². The number of Topliss-reactive ketones (excluding diaryl/α,β-unsaturated/α-hetero) is 1. The van der Waals surface area contributed by atoms with Crippen molar-refractivity contribution in [2.75, 3.05) is 24.7 Å². The summed E-state index contributed by atoms with van der Waals surface area (Å²) in [4.78, 5) is 27.0. The number of hydrogen-bond acceptors (Lipinski definition) is 5. The summed E-state index contributed by atoms with van der Waals surface area (Å²) in [6.07, 6.45) is -4.82. The zero-order chi connectivity index (χ0) is 20.8. The molecule has 1 spiro atoms. The Labute approximate surface area is 171 Å². The van der Waals surface area contributed by atoms with Gasteiger partial charge in [-0.2, -0.15) is 0 Å². The largest absolute Gasteiger partial charge is 0.573 e. The molecule has 1 amide bonds. The smallest absolute Gasteiger partial charge is 0.406 e. The number of amides is 1. The highest BCUT2D eigenvalue weighted by atomic mass is 79.9. The van der Waals surface area contributed by atoms with Gasteiger partial charge in [-0.15, -0.1) is 13.2 Å². The fourth-order valence-corrected chi connectivity index (χ4v) is 3.70. The summed E-state index contributed by atoms with van der Waals surface area (Å²) in [6.45, 7) is 0.154. The average molecular weight is 472 g/mol. The van der Waals surface area contributed by atoms with E-state index in [0.717, 1.165) is 16.6 Å². The Bertz CT molecular complexity index is 971. The molecular weight excluding hydrogens is 459 g/mol. The molecule has 6 nitrogen and oxygen atoms in total. The number of anilines is 1. The number of alkyl halides is 3. The van der Waals surface area contributed by atoms with Gasteiger partial charge in [-0.3, -0.25) is 14.5 Å². The van der Waals surface area contributed by atoms with E-state index >= 15 is 0 Å². The predicted octanol–water partition coefficient (Wildman–Crippen LogP) is 3.78. The summed E-state index contributed by atoms with van der Waals surface area (Å²) in [5, 5.41) is 0. The van der Waals surface area contributed by atoms with Crippen molar-refractivity contribution in [1.29, 1.82) is 0 Å². The topological polar surface area (TPSA) is 65.1 Å². The van der Waals surface area contributed by atoms with E-state index in [-0.39, 0.29) is 25.3 Å². The van der Waals surface area contributed by atoms with E-state index in [0.29, 0.717) is 11.3 Å². The Kier molecular flexibility index (Phi) is 4.88. The van der Waals surface area contributed by atoms with Crippen LogP contribution in [0.25, 0.3) is 0 Å². The molecule has 2 aromatic carbocycles. The van der Waals surface area contributed by atoms with Gasteiger partial charge in [0.15, 0.2) is 5.78 Å². The lowest BCUT2D eigenvalue weighted by atomic mass is 10.1. The van der Waals surface area contributed by atoms with E-state index in [1.807, 2.05) is 0 Å². The van der Waals surface area contributed by atoms with Crippen LogP contribution in [0.4, 0.5) is 18.9 Å². The maximum Gasteiger partial charge on any atom is 0.573 e. The van der Waals surface area contributed by atoms with E-state index in [2.05, 4.69) is 20.7 Å². The zero-order valence-electron chi connectivity index (χ0n) is 14.7. The van der Waals surface area contributed by atoms with E-state index < -0.39 is 29.6 Å². The highest BCUT2D eigenvalue weighted by Crippen LogP contribution is 2.46. The molecule has 2 heterocycles. The molecule has 0 aliphatic carbocycles. The van der Waals surface area contributed by atoms with E-state index in [9.17, 15) is 22.8 Å². The molecule has 0 unspecified atom stereocenters. The van der Waals surface area contributed by atoms with Crippen molar-refractivity contribution in [2.45, 2.75) is 12.1 Å². The van der Waals surface area contributed by atoms with Crippen LogP contribution in [-0.2, 0) is 20.1 Å². The first-order valence-electron chi connectivity index (χ1n) is 8.48. The number of carbonyl (C=O) groups excluding carboxylic acids is 2. The Morgan fingerprint density at radius 2 is 1.79 bits per heavy atom. The normalized spacial score (nSPS) is 17.7. The molecule has 4 rings (SSSR count). The van der Waals surface area contributed by atoms with Crippen LogP contribution in [0.1, 0.15) is 15.9 Å². The Morgan fingerprint density at radius 1 is 1.14 bits per heavy atom. The SMILES string of the molecule is O=C(CN1C(=O)C2(OCCO2)c2cc(Br)ccc21)c1ccc(OC(F)(F)F)cc1. The molecule has 29 heavy (non-hydrogen) atoms. The van der Waals surface area contributed by atoms with Crippen LogP contribution in [0.2, 0.25) is 0 Å². The predicted molar refractivity (Wildman–Crippen MR) is 97.5 cm³/mol. The molecule has 0 radical (unpaired) electrons. The van der Waals surface area contributed by atoms with Crippen molar-refractivity contribution in [2.24, 2.45) is 0 Å². The molecule has 152 valence electrons. The van der Waals surface area contributed by atoms with E-state index in [1.54, 1.807) is 18.2 Å². The molecule has 0 N–H and O–H groups in total. The molecule has 1 saturated heterocycles. The van der Waals surface area contributed by atoms with Gasteiger partial charge in [-0.25, -0.2) is 0 Å². The van der Waals surface area contributed by atoms with Crippen molar-refractivity contribution in [3.05, 3.63) is 58.1 Å². The third kappa shape index (κ3) is 3.63. The van der Waals surface area contributed by atoms with Crippen molar-refractivity contribution < 1.29 is 37.0 Å². The Balaban J connectivity index is 1.58. The molecule has 0 saturated carbocycles. The first-order chi connectivity index (χ1) is 13.7. The molecule has 1 fully saturated rings. The maximum atomic E-state index is 13.0. The minimum atomic E-state index is -4.82. The van der Waals surface area contributed by atoms with E-state index in [1.165, 1.54) is 17.0 Å². The summed E-state index contributed by atoms with van der Waals surface area (Å²) in [5.74, 6) is -2.99. The van der Waals surface area contributed by atoms with Crippen LogP contribution >= 0.6 is 15.9 Å². The summed E-state index contributed by atoms with van der Waals surface area (Å²) >= 11 is 3.35. The molecule has 2 aromatic rings. The van der Waals surface area contributed by atoms with Crippen LogP contribution in [0.5, 0.6) is 5.75 Å². The van der Waals surface area contributed by atoms with Crippen molar-refractivity contribution >= 4 is 33.3 Å². The second-order valence-corrected chi connectivity index (χ2v) is 7.28. The fraction of sp³-hybridized carbons (Fsp3) is 0.263. The van der Waals surface area contributed by atoms with Gasteiger partial charge in [0.05, 0.1) is 25.4 Å². The number of benzene rings is 2. The van der Waals surface area contributed by atoms with Crippen LogP contribution < -0.4 is 9.64 Å². The molecule has 2 aliphatic heterocycles. The second kappa shape index (κ2) is 7.12. The number of halogens is 4. The average Bonchev–Trinajstić information content (AvgIpc) is 3.22. The van der Waals surface area contributed by atoms with Gasteiger partial charge >= 0.3 is 6.36 Å². The summed E-state index contributed by atoms with van der Waals surface area (Å²) < 4.78 is 52.5. The van der Waals surface area contributed by atoms with Crippen LogP contribution in [0.15, 0.2) is 46.9 Å². The third-order valence-electron chi connectivity index (χ3n) is 4.54. The fourth-order valence-electron chi connectivity index (χ4n) is 3.34. The molecule has 0 aromatic heterocycles. The van der Waals surface area contributed by atoms with Gasteiger partial charge in [0, 0.05) is 15.6 Å². The number of carbonyl (C=O) groups is 2. The van der Waals surface area contributed by atoms with Gasteiger partial charge in [-0.05, 0) is 42.5 Å². The number of nitrogens with zero attached hydrogens (tertiary/aromatic N) is 1. The second-order valence-electron chi connectivity index (χ2n) is 6.36. The summed E-state index contributed by atoms with van der Waals surface area (Å²) in [5.41, 5.74) is 1.11. The number of hydrogen-bond donors (Lipinski definition) is 0. The Hall–Kier alpha value is -2.43. The third-order valence-corrected chi connectivity index (χ3v) is 5.03. The first-order valence-corrected chi connectivity index (χ1v) is 9.28. The van der Waals surface area contributed by atoms with Gasteiger partial charge < -0.3 is 14.2 Å². The summed E-state index contributed by atoms with van der Waals surface area (Å²) in [6, 6.07) is 9.61. The lowest BCUT2D eigenvalue weighted by Gasteiger charge is -2.21. The van der Waals surface area contributed by atoms with Gasteiger partial charge in [0.2, 0.25) is 0 Å². The molecule has 0 atom stereocenters. The van der Waals surface area contributed by atoms with E-state index in [4.69, 9.17) is 9.47 Å². The molecule has 0 bridgehead atoms. The van der Waals surface area contributed by atoms with Crippen molar-refractivity contribution in [1.82, 2.24) is 0 Å². The lowest BCUT2D eigenvalue weighted by molar-refractivity contribution is -0.274. The zero-order valence-corrected chi connectivity index (χ0v) is 16.2. The highest BCUT2D eigenvalue weighted by molar-refractivity contribution is 9.10. The quantitative estimate of drug-likeness (QED) is 0.635. The molecular formula is C19H13BrF3NO5. The minimum absolute atomic E-state index is 0.139. The van der Waals surface area contributed by atoms with Crippen LogP contribution in [0.3, 0.4) is 0 Å². The number of ketones is 1. The van der Waals surface area contributed by atoms with Gasteiger partial charge in [-0.1, -0.05) is 15.9 Å². The van der Waals surface area contributed by atoms with Crippen molar-refractivity contribution in [3.8, 4) is 5.75 Å². The number of fused-ring (bicyclic) bond motifs is 2. The monoisotopic (exact) mass is 471 g/mol.